The van der Waals surface area contributed by atoms with Crippen LogP contribution in [0.15, 0.2) is 121 Å². The molecule has 55 heavy (non-hydrogen) atoms. The van der Waals surface area contributed by atoms with Crippen LogP contribution in [0.25, 0.3) is 5.69 Å². The number of hydrogen-bond acceptors (Lipinski definition) is 10. The number of hydrogen-bond donors (Lipinski definition) is 1. The van der Waals surface area contributed by atoms with Crippen molar-refractivity contribution in [3.8, 4) is 11.4 Å². The van der Waals surface area contributed by atoms with Gasteiger partial charge in [0, 0.05) is 49.2 Å². The maximum atomic E-state index is 14.9. The quantitative estimate of drug-likeness (QED) is 0.185. The van der Waals surface area contributed by atoms with Crippen molar-refractivity contribution >= 4 is 11.4 Å². The molecule has 15 heteroatoms. The van der Waals surface area contributed by atoms with Crippen LogP contribution in [0, 0.1) is 11.6 Å². The predicted octanol–water partition coefficient (Wildman–Crippen LogP) is 4.87. The third-order valence-electron chi connectivity index (χ3n) is 10.1. The lowest BCUT2D eigenvalue weighted by molar-refractivity contribution is -0.192. The number of benzene rings is 4. The molecule has 2 aliphatic heterocycles. The maximum absolute atomic E-state index is 14.9. The molecule has 0 spiro atoms. The number of ether oxygens (including phenoxy) is 3. The van der Waals surface area contributed by atoms with Crippen LogP contribution in [-0.4, -0.2) is 79.7 Å². The van der Waals surface area contributed by atoms with Crippen molar-refractivity contribution in [1.82, 2.24) is 29.1 Å². The smallest absolute Gasteiger partial charge is 0.350 e. The van der Waals surface area contributed by atoms with Crippen molar-refractivity contribution in [2.24, 2.45) is 0 Å². The van der Waals surface area contributed by atoms with Gasteiger partial charge in [-0.1, -0.05) is 30.3 Å². The lowest BCUT2D eigenvalue weighted by atomic mass is 10.0. The van der Waals surface area contributed by atoms with Gasteiger partial charge in [-0.15, -0.1) is 0 Å². The first kappa shape index (κ1) is 36.1. The molecule has 2 aliphatic rings. The van der Waals surface area contributed by atoms with Crippen molar-refractivity contribution in [1.29, 1.82) is 0 Å². The molecule has 4 unspecified atom stereocenters. The van der Waals surface area contributed by atoms with Crippen molar-refractivity contribution < 1.29 is 28.1 Å². The summed E-state index contributed by atoms with van der Waals surface area (Å²) in [6, 6.07) is 27.7. The van der Waals surface area contributed by atoms with E-state index in [0.717, 1.165) is 49.2 Å². The van der Waals surface area contributed by atoms with E-state index in [-0.39, 0.29) is 31.0 Å². The van der Waals surface area contributed by atoms with Crippen molar-refractivity contribution in [2.75, 3.05) is 49.2 Å². The van der Waals surface area contributed by atoms with Crippen molar-refractivity contribution in [2.45, 2.75) is 37.5 Å². The maximum Gasteiger partial charge on any atom is 0.350 e. The SMILES string of the molecule is CC(C(O)c1ccccc1)n1ncn(-c2ccc(N3CCN(c4ccc(OCC5COC(Cn6cncn6)(c6ccc(F)cc6F)O5)cc4)CC3)cc2)c1=O. The molecule has 0 amide bonds. The van der Waals surface area contributed by atoms with Crippen molar-refractivity contribution in [3.63, 3.8) is 0 Å². The van der Waals surface area contributed by atoms with Crippen LogP contribution in [0.3, 0.4) is 0 Å². The van der Waals surface area contributed by atoms with Gasteiger partial charge in [-0.3, -0.25) is 0 Å². The molecule has 0 saturated carbocycles. The average molecular weight is 751 g/mol. The van der Waals surface area contributed by atoms with Gasteiger partial charge in [0.05, 0.1) is 18.3 Å². The molecule has 0 radical (unpaired) electrons. The van der Waals surface area contributed by atoms with Crippen LogP contribution in [0.1, 0.15) is 30.2 Å². The first-order valence-corrected chi connectivity index (χ1v) is 18.1. The Hall–Kier alpha value is -5.90. The first-order chi connectivity index (χ1) is 26.8. The van der Waals surface area contributed by atoms with E-state index in [0.29, 0.717) is 11.4 Å². The summed E-state index contributed by atoms with van der Waals surface area (Å²) in [5.74, 6) is -2.34. The normalized spacial score (nSPS) is 19.7. The molecule has 4 aromatic carbocycles. The molecule has 2 aromatic heterocycles. The number of nitrogens with zero attached hydrogens (tertiary/aromatic N) is 8. The molecule has 2 saturated heterocycles. The highest BCUT2D eigenvalue weighted by molar-refractivity contribution is 5.54. The van der Waals surface area contributed by atoms with E-state index in [9.17, 15) is 18.7 Å². The minimum absolute atomic E-state index is 0.0227. The standard InChI is InChI=1S/C40H40F2N8O5/c1-28(38(51)29-5-3-2-4-6-29)50-39(52)49(27-45-50)33-10-8-31(9-11-33)46-17-19-47(20-18-46)32-12-14-34(15-13-32)53-22-35-23-54-40(55-35,24-48-26-43-25-44-48)36-16-7-30(41)21-37(36)42/h2-16,21,25-28,35,38,51H,17-20,22-24H2,1H3. The van der Waals surface area contributed by atoms with Crippen LogP contribution in [-0.2, 0) is 21.8 Å². The fourth-order valence-corrected chi connectivity index (χ4v) is 7.11. The van der Waals surface area contributed by atoms with Gasteiger partial charge in [-0.05, 0) is 73.2 Å². The zero-order chi connectivity index (χ0) is 37.9. The van der Waals surface area contributed by atoms with E-state index in [1.807, 2.05) is 78.9 Å². The summed E-state index contributed by atoms with van der Waals surface area (Å²) in [4.78, 5) is 21.8. The Morgan fingerprint density at radius 3 is 2.20 bits per heavy atom. The van der Waals surface area contributed by atoms with Gasteiger partial charge in [-0.2, -0.15) is 10.2 Å². The van der Waals surface area contributed by atoms with Gasteiger partial charge in [-0.25, -0.2) is 32.5 Å². The van der Waals surface area contributed by atoms with Gasteiger partial charge in [0.1, 0.15) is 61.7 Å². The summed E-state index contributed by atoms with van der Waals surface area (Å²) >= 11 is 0. The molecule has 4 atom stereocenters. The Morgan fingerprint density at radius 2 is 1.55 bits per heavy atom. The molecule has 284 valence electrons. The Labute approximate surface area is 315 Å². The van der Waals surface area contributed by atoms with Crippen LogP contribution >= 0.6 is 0 Å². The average Bonchev–Trinajstić information content (AvgIpc) is 3.98. The Balaban J connectivity index is 0.840. The number of piperazine rings is 1. The highest BCUT2D eigenvalue weighted by atomic mass is 19.1. The lowest BCUT2D eigenvalue weighted by Crippen LogP contribution is -2.46. The predicted molar refractivity (Wildman–Crippen MR) is 199 cm³/mol. The summed E-state index contributed by atoms with van der Waals surface area (Å²) in [6.45, 7) is 5.36. The lowest BCUT2D eigenvalue weighted by Gasteiger charge is -2.37. The van der Waals surface area contributed by atoms with Crippen LogP contribution in [0.5, 0.6) is 5.75 Å². The molecule has 0 bridgehead atoms. The Morgan fingerprint density at radius 1 is 0.873 bits per heavy atom. The number of aliphatic hydroxyl groups excluding tert-OH is 1. The molecule has 6 aromatic rings. The number of aromatic nitrogens is 6. The monoisotopic (exact) mass is 750 g/mol. The molecule has 4 heterocycles. The van der Waals surface area contributed by atoms with Crippen LogP contribution < -0.4 is 20.2 Å². The Bertz CT molecular complexity index is 2240. The Kier molecular flexibility index (Phi) is 10.1. The third-order valence-corrected chi connectivity index (χ3v) is 10.1. The summed E-state index contributed by atoms with van der Waals surface area (Å²) < 4.78 is 51.2. The molecule has 1 N–H and O–H groups in total. The molecule has 13 nitrogen and oxygen atoms in total. The van der Waals surface area contributed by atoms with Gasteiger partial charge < -0.3 is 29.1 Å². The zero-order valence-electron chi connectivity index (χ0n) is 30.1. The summed E-state index contributed by atoms with van der Waals surface area (Å²) in [5, 5.41) is 19.2. The summed E-state index contributed by atoms with van der Waals surface area (Å²) in [5.41, 5.74) is 3.31. The molecular formula is C40H40F2N8O5. The van der Waals surface area contributed by atoms with Gasteiger partial charge in [0.25, 0.3) is 0 Å². The minimum Gasteiger partial charge on any atom is -0.491 e. The van der Waals surface area contributed by atoms with E-state index in [4.69, 9.17) is 14.2 Å². The van der Waals surface area contributed by atoms with Crippen LogP contribution in [0.4, 0.5) is 20.2 Å². The summed E-state index contributed by atoms with van der Waals surface area (Å²) in [6.07, 6.45) is 2.94. The first-order valence-electron chi connectivity index (χ1n) is 18.1. The number of aliphatic hydroxyl groups is 1. The van der Waals surface area contributed by atoms with Gasteiger partial charge in [0.2, 0.25) is 5.79 Å². The second-order valence-corrected chi connectivity index (χ2v) is 13.6. The van der Waals surface area contributed by atoms with Gasteiger partial charge >= 0.3 is 5.69 Å². The third kappa shape index (κ3) is 7.58. The van der Waals surface area contributed by atoms with E-state index in [1.54, 1.807) is 6.92 Å². The fraction of sp³-hybridized carbons (Fsp3) is 0.300. The second-order valence-electron chi connectivity index (χ2n) is 13.6. The van der Waals surface area contributed by atoms with Gasteiger partial charge in [0.15, 0.2) is 0 Å². The van der Waals surface area contributed by atoms with E-state index < -0.39 is 35.7 Å². The highest BCUT2D eigenvalue weighted by Gasteiger charge is 2.46. The number of rotatable bonds is 12. The van der Waals surface area contributed by atoms with E-state index >= 15 is 0 Å². The summed E-state index contributed by atoms with van der Waals surface area (Å²) in [7, 11) is 0. The molecule has 2 fully saturated rings. The fourth-order valence-electron chi connectivity index (χ4n) is 7.11. The van der Waals surface area contributed by atoms with E-state index in [1.165, 1.54) is 45.0 Å². The topological polar surface area (TPSA) is 125 Å². The minimum atomic E-state index is -1.52. The highest BCUT2D eigenvalue weighted by Crippen LogP contribution is 2.38. The van der Waals surface area contributed by atoms with Crippen LogP contribution in [0.2, 0.25) is 0 Å². The number of halogens is 2. The zero-order valence-corrected chi connectivity index (χ0v) is 30.1. The molecule has 0 aliphatic carbocycles. The second kappa shape index (κ2) is 15.5. The number of anilines is 2. The largest absolute Gasteiger partial charge is 0.491 e. The molecule has 8 rings (SSSR count). The van der Waals surface area contributed by atoms with E-state index in [2.05, 4.69) is 25.0 Å². The van der Waals surface area contributed by atoms with Crippen molar-refractivity contribution in [3.05, 3.63) is 149 Å². The molecular weight excluding hydrogens is 710 g/mol.